The molecule has 0 unspecified atom stereocenters. The Bertz CT molecular complexity index is 971. The lowest BCUT2D eigenvalue weighted by Crippen LogP contribution is -2.36. The molecule has 0 amide bonds. The fourth-order valence-electron chi connectivity index (χ4n) is 4.90. The SMILES string of the molecule is C=C1C(=O)O[C@@H]2[C@H]3C(C)=CC[C@H]3C(=C)C[C@@H](OC(=O)/C(=C/CO)COC(=O)/C(=C/CO)CO)[C@@H]12. The number of ether oxygens (including phenoxy) is 3. The highest BCUT2D eigenvalue weighted by atomic mass is 16.6. The predicted molar refractivity (Wildman–Crippen MR) is 120 cm³/mol. The number of hydrogen-bond donors (Lipinski definition) is 3. The summed E-state index contributed by atoms with van der Waals surface area (Å²) in [5, 5.41) is 27.5. The van der Waals surface area contributed by atoms with Crippen molar-refractivity contribution in [2.45, 2.75) is 32.0 Å². The molecular weight excluding hydrogens is 444 g/mol. The summed E-state index contributed by atoms with van der Waals surface area (Å²) in [6.45, 7) is 7.91. The summed E-state index contributed by atoms with van der Waals surface area (Å²) >= 11 is 0. The van der Waals surface area contributed by atoms with Gasteiger partial charge < -0.3 is 29.5 Å². The van der Waals surface area contributed by atoms with Crippen LogP contribution in [0.4, 0.5) is 0 Å². The van der Waals surface area contributed by atoms with Gasteiger partial charge in [0.05, 0.1) is 36.9 Å². The number of aliphatic hydroxyl groups excluding tert-OH is 3. The normalized spacial score (nSPS) is 29.1. The van der Waals surface area contributed by atoms with Gasteiger partial charge in [-0.1, -0.05) is 30.4 Å². The van der Waals surface area contributed by atoms with Crippen LogP contribution >= 0.6 is 0 Å². The summed E-state index contributed by atoms with van der Waals surface area (Å²) in [4.78, 5) is 37.4. The van der Waals surface area contributed by atoms with Crippen LogP contribution in [0.3, 0.4) is 0 Å². The number of allylic oxidation sites excluding steroid dienone is 1. The van der Waals surface area contributed by atoms with Crippen molar-refractivity contribution in [3.05, 3.63) is 59.3 Å². The number of hydrogen-bond acceptors (Lipinski definition) is 9. The van der Waals surface area contributed by atoms with Crippen LogP contribution in [0.25, 0.3) is 0 Å². The molecule has 3 rings (SSSR count). The van der Waals surface area contributed by atoms with E-state index >= 15 is 0 Å². The summed E-state index contributed by atoms with van der Waals surface area (Å²) in [5.41, 5.74) is 1.93. The second-order valence-corrected chi connectivity index (χ2v) is 8.60. The van der Waals surface area contributed by atoms with Crippen molar-refractivity contribution in [3.8, 4) is 0 Å². The van der Waals surface area contributed by atoms with E-state index in [2.05, 4.69) is 19.2 Å². The molecule has 34 heavy (non-hydrogen) atoms. The zero-order chi connectivity index (χ0) is 25.0. The van der Waals surface area contributed by atoms with Crippen molar-refractivity contribution < 1.29 is 43.9 Å². The standard InChI is InChI=1S/C25H30O9/c1-13-4-5-18-14(2)10-19(21-15(3)23(29)34-22(21)20(13)18)33-25(31)17(7-9-27)12-32-24(30)16(11-28)6-8-26/h4,6-7,18-22,26-28H,2-3,5,8-12H2,1H3/b16-6+,17-7+/t18-,19+,20-,21+,22+/m0/s1. The highest BCUT2D eigenvalue weighted by molar-refractivity contribution is 5.93. The van der Waals surface area contributed by atoms with Crippen LogP contribution in [0.2, 0.25) is 0 Å². The number of rotatable bonds is 8. The zero-order valence-corrected chi connectivity index (χ0v) is 19.1. The summed E-state index contributed by atoms with van der Waals surface area (Å²) < 4.78 is 16.5. The van der Waals surface area contributed by atoms with Gasteiger partial charge in [-0.2, -0.15) is 0 Å². The lowest BCUT2D eigenvalue weighted by molar-refractivity contribution is -0.149. The van der Waals surface area contributed by atoms with Gasteiger partial charge in [0.15, 0.2) is 0 Å². The first kappa shape index (κ1) is 25.6. The fraction of sp³-hybridized carbons (Fsp3) is 0.480. The smallest absolute Gasteiger partial charge is 0.337 e. The van der Waals surface area contributed by atoms with Crippen LogP contribution in [0, 0.1) is 17.8 Å². The Labute approximate surface area is 197 Å². The Morgan fingerprint density at radius 2 is 1.79 bits per heavy atom. The molecule has 0 spiro atoms. The largest absolute Gasteiger partial charge is 0.458 e. The van der Waals surface area contributed by atoms with Crippen molar-refractivity contribution in [2.24, 2.45) is 17.8 Å². The second kappa shape index (κ2) is 10.9. The van der Waals surface area contributed by atoms with Gasteiger partial charge in [-0.15, -0.1) is 0 Å². The monoisotopic (exact) mass is 474 g/mol. The quantitative estimate of drug-likeness (QED) is 0.203. The third-order valence-corrected chi connectivity index (χ3v) is 6.64. The van der Waals surface area contributed by atoms with Gasteiger partial charge >= 0.3 is 17.9 Å². The molecule has 5 atom stereocenters. The van der Waals surface area contributed by atoms with E-state index in [9.17, 15) is 24.6 Å². The minimum atomic E-state index is -0.922. The molecule has 1 saturated heterocycles. The Morgan fingerprint density at radius 3 is 2.44 bits per heavy atom. The molecule has 0 radical (unpaired) electrons. The maximum absolute atomic E-state index is 13.0. The van der Waals surface area contributed by atoms with Crippen LogP contribution in [-0.2, 0) is 28.6 Å². The van der Waals surface area contributed by atoms with E-state index in [1.807, 2.05) is 6.92 Å². The molecule has 0 aromatic rings. The lowest BCUT2D eigenvalue weighted by atomic mass is 9.80. The number of carbonyl (C=O) groups is 3. The van der Waals surface area contributed by atoms with Gasteiger partial charge in [0.2, 0.25) is 0 Å². The summed E-state index contributed by atoms with van der Waals surface area (Å²) in [5.74, 6) is -2.83. The third-order valence-electron chi connectivity index (χ3n) is 6.64. The highest BCUT2D eigenvalue weighted by Crippen LogP contribution is 2.51. The van der Waals surface area contributed by atoms with Crippen molar-refractivity contribution in [2.75, 3.05) is 26.4 Å². The van der Waals surface area contributed by atoms with Crippen molar-refractivity contribution in [3.63, 3.8) is 0 Å². The summed E-state index contributed by atoms with van der Waals surface area (Å²) in [7, 11) is 0. The molecule has 3 N–H and O–H groups in total. The van der Waals surface area contributed by atoms with Crippen molar-refractivity contribution in [1.82, 2.24) is 0 Å². The van der Waals surface area contributed by atoms with Crippen molar-refractivity contribution >= 4 is 17.9 Å². The molecule has 1 heterocycles. The molecular formula is C25H30O9. The molecule has 0 aromatic carbocycles. The first-order chi connectivity index (χ1) is 16.2. The average Bonchev–Trinajstić information content (AvgIpc) is 3.29. The molecule has 2 fully saturated rings. The highest BCUT2D eigenvalue weighted by Gasteiger charge is 2.54. The average molecular weight is 475 g/mol. The van der Waals surface area contributed by atoms with E-state index < -0.39 is 62.5 Å². The topological polar surface area (TPSA) is 140 Å². The van der Waals surface area contributed by atoms with Gasteiger partial charge in [0.25, 0.3) is 0 Å². The fourth-order valence-corrected chi connectivity index (χ4v) is 4.90. The molecule has 1 aliphatic heterocycles. The van der Waals surface area contributed by atoms with E-state index in [4.69, 9.17) is 19.3 Å². The molecule has 9 nitrogen and oxygen atoms in total. The van der Waals surface area contributed by atoms with Crippen LogP contribution in [0.1, 0.15) is 19.8 Å². The van der Waals surface area contributed by atoms with Crippen LogP contribution in [-0.4, -0.2) is 71.9 Å². The maximum Gasteiger partial charge on any atom is 0.337 e. The molecule has 9 heteroatoms. The van der Waals surface area contributed by atoms with E-state index in [0.717, 1.165) is 29.7 Å². The van der Waals surface area contributed by atoms with Crippen LogP contribution < -0.4 is 0 Å². The van der Waals surface area contributed by atoms with E-state index in [1.54, 1.807) is 0 Å². The minimum absolute atomic E-state index is 0.0620. The summed E-state index contributed by atoms with van der Waals surface area (Å²) in [6, 6.07) is 0. The van der Waals surface area contributed by atoms with E-state index in [0.29, 0.717) is 6.42 Å². The molecule has 1 saturated carbocycles. The lowest BCUT2D eigenvalue weighted by Gasteiger charge is -2.28. The Morgan fingerprint density at radius 1 is 1.12 bits per heavy atom. The molecule has 0 aromatic heterocycles. The maximum atomic E-state index is 13.0. The Kier molecular flexibility index (Phi) is 8.24. The molecule has 184 valence electrons. The van der Waals surface area contributed by atoms with E-state index in [-0.39, 0.29) is 28.6 Å². The number of esters is 3. The number of carbonyl (C=O) groups excluding carboxylic acids is 3. The predicted octanol–water partition coefficient (Wildman–Crippen LogP) is 0.911. The van der Waals surface area contributed by atoms with Crippen LogP contribution in [0.15, 0.2) is 59.3 Å². The number of fused-ring (bicyclic) bond motifs is 3. The number of aliphatic hydroxyl groups is 3. The van der Waals surface area contributed by atoms with Crippen molar-refractivity contribution in [1.29, 1.82) is 0 Å². The first-order valence-electron chi connectivity index (χ1n) is 11.1. The Balaban J connectivity index is 1.79. The van der Waals surface area contributed by atoms with Gasteiger partial charge in [-0.3, -0.25) is 0 Å². The molecule has 3 aliphatic rings. The van der Waals surface area contributed by atoms with Gasteiger partial charge in [-0.25, -0.2) is 14.4 Å². The van der Waals surface area contributed by atoms with Gasteiger partial charge in [0, 0.05) is 17.9 Å². The molecule has 0 bridgehead atoms. The second-order valence-electron chi connectivity index (χ2n) is 8.60. The third kappa shape index (κ3) is 5.06. The Hall–Kier alpha value is -3.01. The van der Waals surface area contributed by atoms with Crippen LogP contribution in [0.5, 0.6) is 0 Å². The zero-order valence-electron chi connectivity index (χ0n) is 19.1. The summed E-state index contributed by atoms with van der Waals surface area (Å²) in [6.07, 6.45) is 4.13. The molecule has 2 aliphatic carbocycles. The first-order valence-corrected chi connectivity index (χ1v) is 11.1. The van der Waals surface area contributed by atoms with E-state index in [1.165, 1.54) is 0 Å². The van der Waals surface area contributed by atoms with Gasteiger partial charge in [0.1, 0.15) is 18.8 Å². The minimum Gasteiger partial charge on any atom is -0.458 e. The van der Waals surface area contributed by atoms with Gasteiger partial charge in [-0.05, 0) is 31.4 Å².